The highest BCUT2D eigenvalue weighted by atomic mass is 16.5. The lowest BCUT2D eigenvalue weighted by atomic mass is 10.2. The highest BCUT2D eigenvalue weighted by molar-refractivity contribution is 6.06. The van der Waals surface area contributed by atoms with Gasteiger partial charge in [0.25, 0.3) is 17.7 Å². The van der Waals surface area contributed by atoms with E-state index in [-0.39, 0.29) is 18.4 Å². The number of hydrogen-bond acceptors (Lipinski definition) is 4. The summed E-state index contributed by atoms with van der Waals surface area (Å²) in [6, 6.07) is 22.4. The Morgan fingerprint density at radius 2 is 1.48 bits per heavy atom. The Morgan fingerprint density at radius 3 is 2.26 bits per heavy atom. The predicted molar refractivity (Wildman–Crippen MR) is 119 cm³/mol. The normalized spacial score (nSPS) is 10.1. The van der Waals surface area contributed by atoms with E-state index in [2.05, 4.69) is 16.0 Å². The molecule has 0 bridgehead atoms. The first-order valence-corrected chi connectivity index (χ1v) is 9.83. The van der Waals surface area contributed by atoms with Crippen LogP contribution in [0.4, 0.5) is 11.4 Å². The van der Waals surface area contributed by atoms with E-state index in [0.29, 0.717) is 34.8 Å². The van der Waals surface area contributed by atoms with Crippen molar-refractivity contribution in [1.82, 2.24) is 5.32 Å². The Labute approximate surface area is 180 Å². The van der Waals surface area contributed by atoms with Crippen LogP contribution in [0.1, 0.15) is 27.6 Å². The van der Waals surface area contributed by atoms with Crippen molar-refractivity contribution >= 4 is 29.1 Å². The zero-order chi connectivity index (χ0) is 22.1. The van der Waals surface area contributed by atoms with Gasteiger partial charge in [0.2, 0.25) is 0 Å². The number of para-hydroxylation sites is 2. The van der Waals surface area contributed by atoms with Crippen LogP contribution in [0.25, 0.3) is 0 Å². The number of nitrogens with one attached hydrogen (secondary N) is 3. The standard InChI is InChI=1S/C24H23N3O4/c1-2-25-23(29)17-9-8-12-19(15-17)26-22(28)16-31-21-14-7-6-13-20(21)24(30)27-18-10-4-3-5-11-18/h3-15H,2,16H2,1H3,(H,25,29)(H,26,28)(H,27,30). The van der Waals surface area contributed by atoms with Gasteiger partial charge in [0.1, 0.15) is 5.75 Å². The van der Waals surface area contributed by atoms with E-state index in [1.807, 2.05) is 25.1 Å². The Hall–Kier alpha value is -4.13. The Kier molecular flexibility index (Phi) is 7.37. The highest BCUT2D eigenvalue weighted by Gasteiger charge is 2.14. The molecule has 31 heavy (non-hydrogen) atoms. The lowest BCUT2D eigenvalue weighted by Crippen LogP contribution is -2.24. The van der Waals surface area contributed by atoms with Gasteiger partial charge in [0.15, 0.2) is 6.61 Å². The third-order valence-corrected chi connectivity index (χ3v) is 4.27. The van der Waals surface area contributed by atoms with Crippen LogP contribution in [-0.2, 0) is 4.79 Å². The summed E-state index contributed by atoms with van der Waals surface area (Å²) in [4.78, 5) is 36.9. The van der Waals surface area contributed by atoms with Crippen LogP contribution in [0, 0.1) is 0 Å². The van der Waals surface area contributed by atoms with Gasteiger partial charge in [-0.05, 0) is 49.4 Å². The smallest absolute Gasteiger partial charge is 0.262 e. The van der Waals surface area contributed by atoms with Crippen molar-refractivity contribution in [2.45, 2.75) is 6.92 Å². The number of carbonyl (C=O) groups excluding carboxylic acids is 3. The van der Waals surface area contributed by atoms with Crippen molar-refractivity contribution in [3.8, 4) is 5.75 Å². The maximum absolute atomic E-state index is 12.6. The first kappa shape index (κ1) is 21.6. The third-order valence-electron chi connectivity index (χ3n) is 4.27. The van der Waals surface area contributed by atoms with Gasteiger partial charge >= 0.3 is 0 Å². The molecule has 0 saturated carbocycles. The van der Waals surface area contributed by atoms with Crippen molar-refractivity contribution in [2.75, 3.05) is 23.8 Å². The maximum Gasteiger partial charge on any atom is 0.262 e. The van der Waals surface area contributed by atoms with Crippen molar-refractivity contribution in [3.63, 3.8) is 0 Å². The van der Waals surface area contributed by atoms with Crippen LogP contribution in [-0.4, -0.2) is 30.9 Å². The average molecular weight is 417 g/mol. The van der Waals surface area contributed by atoms with Gasteiger partial charge in [-0.3, -0.25) is 14.4 Å². The molecule has 0 radical (unpaired) electrons. The fraction of sp³-hybridized carbons (Fsp3) is 0.125. The number of carbonyl (C=O) groups is 3. The molecule has 0 aliphatic carbocycles. The van der Waals surface area contributed by atoms with Crippen molar-refractivity contribution in [3.05, 3.63) is 90.0 Å². The molecule has 3 rings (SSSR count). The lowest BCUT2D eigenvalue weighted by molar-refractivity contribution is -0.118. The van der Waals surface area contributed by atoms with Crippen LogP contribution in [0.2, 0.25) is 0 Å². The number of benzene rings is 3. The van der Waals surface area contributed by atoms with Crippen molar-refractivity contribution in [2.24, 2.45) is 0 Å². The molecular formula is C24H23N3O4. The molecule has 3 N–H and O–H groups in total. The monoisotopic (exact) mass is 417 g/mol. The van der Waals surface area contributed by atoms with E-state index in [0.717, 1.165) is 0 Å². The van der Waals surface area contributed by atoms with Gasteiger partial charge in [-0.2, -0.15) is 0 Å². The summed E-state index contributed by atoms with van der Waals surface area (Å²) in [6.07, 6.45) is 0. The van der Waals surface area contributed by atoms with Crippen molar-refractivity contribution in [1.29, 1.82) is 0 Å². The van der Waals surface area contributed by atoms with E-state index in [1.165, 1.54) is 0 Å². The molecule has 0 heterocycles. The van der Waals surface area contributed by atoms with E-state index >= 15 is 0 Å². The molecular weight excluding hydrogens is 394 g/mol. The summed E-state index contributed by atoms with van der Waals surface area (Å²) in [7, 11) is 0. The molecule has 158 valence electrons. The van der Waals surface area contributed by atoms with Gasteiger partial charge in [-0.25, -0.2) is 0 Å². The first-order chi connectivity index (χ1) is 15.1. The van der Waals surface area contributed by atoms with Crippen molar-refractivity contribution < 1.29 is 19.1 Å². The van der Waals surface area contributed by atoms with Gasteiger partial charge in [-0.15, -0.1) is 0 Å². The molecule has 3 aromatic carbocycles. The zero-order valence-corrected chi connectivity index (χ0v) is 17.1. The van der Waals surface area contributed by atoms with E-state index in [1.54, 1.807) is 60.7 Å². The summed E-state index contributed by atoms with van der Waals surface area (Å²) in [5.41, 5.74) is 1.90. The molecule has 0 spiro atoms. The van der Waals surface area contributed by atoms with Crippen LogP contribution in [0.15, 0.2) is 78.9 Å². The minimum Gasteiger partial charge on any atom is -0.483 e. The maximum atomic E-state index is 12.6. The fourth-order valence-corrected chi connectivity index (χ4v) is 2.84. The number of anilines is 2. The molecule has 0 fully saturated rings. The lowest BCUT2D eigenvalue weighted by Gasteiger charge is -2.12. The Morgan fingerprint density at radius 1 is 0.774 bits per heavy atom. The Balaban J connectivity index is 1.61. The van der Waals surface area contributed by atoms with E-state index < -0.39 is 5.91 Å². The molecule has 3 aromatic rings. The molecule has 7 nitrogen and oxygen atoms in total. The minimum atomic E-state index is -0.411. The summed E-state index contributed by atoms with van der Waals surface area (Å²) < 4.78 is 5.59. The minimum absolute atomic E-state index is 0.215. The molecule has 0 unspecified atom stereocenters. The second-order valence-electron chi connectivity index (χ2n) is 6.59. The molecule has 0 aliphatic rings. The zero-order valence-electron chi connectivity index (χ0n) is 17.1. The molecule has 7 heteroatoms. The molecule has 0 aliphatic heterocycles. The van der Waals surface area contributed by atoms with Crippen LogP contribution < -0.4 is 20.7 Å². The fourth-order valence-electron chi connectivity index (χ4n) is 2.84. The van der Waals surface area contributed by atoms with Gasteiger partial charge in [0, 0.05) is 23.5 Å². The topological polar surface area (TPSA) is 96.5 Å². The number of amides is 3. The molecule has 0 atom stereocenters. The van der Waals surface area contributed by atoms with Crippen LogP contribution in [0.3, 0.4) is 0 Å². The summed E-state index contributed by atoms with van der Waals surface area (Å²) in [5.74, 6) is -0.668. The largest absolute Gasteiger partial charge is 0.483 e. The van der Waals surface area contributed by atoms with Gasteiger partial charge in [-0.1, -0.05) is 36.4 Å². The Bertz CT molecular complexity index is 1070. The molecule has 0 aromatic heterocycles. The highest BCUT2D eigenvalue weighted by Crippen LogP contribution is 2.20. The number of hydrogen-bond donors (Lipinski definition) is 3. The first-order valence-electron chi connectivity index (χ1n) is 9.83. The van der Waals surface area contributed by atoms with Crippen LogP contribution >= 0.6 is 0 Å². The summed E-state index contributed by atoms with van der Waals surface area (Å²) in [6.45, 7) is 2.06. The van der Waals surface area contributed by atoms with E-state index in [9.17, 15) is 14.4 Å². The van der Waals surface area contributed by atoms with E-state index in [4.69, 9.17) is 4.74 Å². The summed E-state index contributed by atoms with van der Waals surface area (Å²) in [5, 5.41) is 8.20. The summed E-state index contributed by atoms with van der Waals surface area (Å²) >= 11 is 0. The SMILES string of the molecule is CCNC(=O)c1cccc(NC(=O)COc2ccccc2C(=O)Nc2ccccc2)c1. The van der Waals surface area contributed by atoms with Gasteiger partial charge < -0.3 is 20.7 Å². The third kappa shape index (κ3) is 6.17. The predicted octanol–water partition coefficient (Wildman–Crippen LogP) is 3.71. The van der Waals surface area contributed by atoms with Crippen LogP contribution in [0.5, 0.6) is 5.75 Å². The van der Waals surface area contributed by atoms with Gasteiger partial charge in [0.05, 0.1) is 5.56 Å². The average Bonchev–Trinajstić information content (AvgIpc) is 2.79. The second kappa shape index (κ2) is 10.6. The number of rotatable bonds is 8. The number of ether oxygens (including phenoxy) is 1. The second-order valence-corrected chi connectivity index (χ2v) is 6.59. The quantitative estimate of drug-likeness (QED) is 0.521. The molecule has 0 saturated heterocycles. The molecule has 3 amide bonds.